The van der Waals surface area contributed by atoms with Crippen molar-refractivity contribution in [2.75, 3.05) is 13.7 Å². The highest BCUT2D eigenvalue weighted by molar-refractivity contribution is 6.27. The van der Waals surface area contributed by atoms with E-state index in [-0.39, 0.29) is 18.1 Å². The number of hydrogen-bond acceptors (Lipinski definition) is 8. The van der Waals surface area contributed by atoms with Crippen LogP contribution in [0.3, 0.4) is 0 Å². The highest BCUT2D eigenvalue weighted by atomic mass is 16.5. The molecular formula is C55H72N4O5. The van der Waals surface area contributed by atoms with Crippen LogP contribution in [0.1, 0.15) is 144 Å². The van der Waals surface area contributed by atoms with Crippen molar-refractivity contribution in [3.05, 3.63) is 109 Å². The molecule has 2 N–H and O–H groups in total. The third-order valence-corrected chi connectivity index (χ3v) is 14.0. The van der Waals surface area contributed by atoms with E-state index in [0.717, 1.165) is 80.4 Å². The summed E-state index contributed by atoms with van der Waals surface area (Å²) in [5.41, 5.74) is 10.8. The average molecular weight is 869 g/mol. The minimum atomic E-state index is -1.14. The Morgan fingerprint density at radius 1 is 0.781 bits per heavy atom. The Bertz CT molecular complexity index is 2490. The summed E-state index contributed by atoms with van der Waals surface area (Å²) < 4.78 is 11.1. The number of aromatic amines is 1. The monoisotopic (exact) mass is 869 g/mol. The molecule has 8 bridgehead atoms. The van der Waals surface area contributed by atoms with Crippen molar-refractivity contribution in [2.45, 2.75) is 139 Å². The van der Waals surface area contributed by atoms with Gasteiger partial charge in [-0.1, -0.05) is 118 Å². The maximum atomic E-state index is 13.6. The predicted molar refractivity (Wildman–Crippen MR) is 263 cm³/mol. The third kappa shape index (κ3) is 10.5. The summed E-state index contributed by atoms with van der Waals surface area (Å²) in [4.78, 5) is 45.9. The quantitative estimate of drug-likeness (QED) is 0.119. The first-order valence-electron chi connectivity index (χ1n) is 23.8. The molecule has 6 rings (SSSR count). The molecule has 9 nitrogen and oxygen atoms in total. The number of carbonyl (C=O) groups excluding carboxylic acids is 2. The van der Waals surface area contributed by atoms with Crippen molar-refractivity contribution < 1.29 is 24.2 Å². The Morgan fingerprint density at radius 2 is 1.39 bits per heavy atom. The highest BCUT2D eigenvalue weighted by Gasteiger charge is 2.47. The van der Waals surface area contributed by atoms with Crippen LogP contribution in [0.5, 0.6) is 0 Å². The molecule has 0 spiro atoms. The van der Waals surface area contributed by atoms with E-state index < -0.39 is 11.9 Å². The molecule has 0 aromatic carbocycles. The van der Waals surface area contributed by atoms with Gasteiger partial charge in [-0.3, -0.25) is 9.59 Å². The minimum absolute atomic E-state index is 0.127. The van der Waals surface area contributed by atoms with Crippen LogP contribution < -0.4 is 10.7 Å². The van der Waals surface area contributed by atoms with Gasteiger partial charge in [0, 0.05) is 39.4 Å². The molecule has 1 aliphatic carbocycles. The fourth-order valence-corrected chi connectivity index (χ4v) is 9.80. The Labute approximate surface area is 381 Å². The highest BCUT2D eigenvalue weighted by Crippen LogP contribution is 2.48. The molecule has 9 heteroatoms. The number of ether oxygens (including phenoxy) is 2. The Hall–Kier alpha value is -5.31. The summed E-state index contributed by atoms with van der Waals surface area (Å²) >= 11 is 0. The van der Waals surface area contributed by atoms with Gasteiger partial charge >= 0.3 is 11.9 Å². The standard InChI is InChI=1S/C55H72N4O5/c1-13-39-35(8)42-28-44-37(10)41(24-25-48(60)64-27-26-34(7)23-17-22-33(6)21-16-20-32(5)19-15-18-31(3)4)52(58-44)50-51(55(62)63-12)54(61)49-38(11)45(59-53(49)50)30-47-40(14-2)36(9)43(57-47)29-46(39)56-42/h13-14,28-34,51,56,61H,1-2,15-27H2,3-12H3/t32-,33+,34?,51-/m1/s1. The number of aliphatic imine (C=N–C) groups is 3. The van der Waals surface area contributed by atoms with Gasteiger partial charge < -0.3 is 19.6 Å². The zero-order valence-electron chi connectivity index (χ0n) is 40.3. The molecular weight excluding hydrogens is 797 g/mol. The SMILES string of the molecule is C=CC1=C(C)C2=NC1=CC1=C(C)C3=C(O)[C@H](C(=O)OC)C(=C4N=C(C=c5[nH]c(c(C=C)c5C)=C2)C(C)=C4CCC(=O)OCCC(C)CCC[C@@H](C)CCC[C@H](C)CCCC(C)C)C3=N1. The summed E-state index contributed by atoms with van der Waals surface area (Å²) in [6, 6.07) is 0. The van der Waals surface area contributed by atoms with Crippen molar-refractivity contribution in [3.8, 4) is 0 Å². The van der Waals surface area contributed by atoms with Gasteiger partial charge in [0.25, 0.3) is 0 Å². The second kappa shape index (κ2) is 21.1. The van der Waals surface area contributed by atoms with Crippen molar-refractivity contribution in [2.24, 2.45) is 44.6 Å². The number of nitrogens with one attached hydrogen (secondary N) is 1. The Morgan fingerprint density at radius 3 is 2.00 bits per heavy atom. The average Bonchev–Trinajstić information content (AvgIpc) is 3.99. The first-order valence-corrected chi connectivity index (χ1v) is 23.8. The van der Waals surface area contributed by atoms with Crippen LogP contribution in [0.15, 0.2) is 102 Å². The smallest absolute Gasteiger partial charge is 0.321 e. The molecule has 0 radical (unpaired) electrons. The molecule has 0 amide bonds. The van der Waals surface area contributed by atoms with Crippen molar-refractivity contribution in [1.29, 1.82) is 0 Å². The van der Waals surface area contributed by atoms with Crippen LogP contribution in [-0.4, -0.2) is 52.9 Å². The van der Waals surface area contributed by atoms with E-state index in [1.54, 1.807) is 6.08 Å². The molecule has 5 heterocycles. The lowest BCUT2D eigenvalue weighted by atomic mass is 9.91. The molecule has 1 aromatic heterocycles. The molecule has 0 fully saturated rings. The van der Waals surface area contributed by atoms with Crippen molar-refractivity contribution >= 4 is 47.3 Å². The van der Waals surface area contributed by atoms with Crippen LogP contribution in [0, 0.1) is 36.5 Å². The lowest BCUT2D eigenvalue weighted by Crippen LogP contribution is -2.21. The van der Waals surface area contributed by atoms with Crippen LogP contribution in [-0.2, 0) is 19.1 Å². The molecule has 0 saturated carbocycles. The van der Waals surface area contributed by atoms with Gasteiger partial charge in [0.2, 0.25) is 0 Å². The number of aromatic nitrogens is 1. The number of hydrogen-bond donors (Lipinski definition) is 2. The lowest BCUT2D eigenvalue weighted by molar-refractivity contribution is -0.144. The second-order valence-corrected chi connectivity index (χ2v) is 19.3. The maximum Gasteiger partial charge on any atom is 0.321 e. The van der Waals surface area contributed by atoms with Crippen LogP contribution in [0.2, 0.25) is 0 Å². The van der Waals surface area contributed by atoms with E-state index in [1.807, 2.05) is 52.0 Å². The van der Waals surface area contributed by atoms with Gasteiger partial charge in [-0.15, -0.1) is 0 Å². The number of methoxy groups -OCH3 is 1. The van der Waals surface area contributed by atoms with Crippen LogP contribution in [0.25, 0.3) is 18.2 Å². The number of aliphatic hydroxyl groups is 1. The number of fused-ring (bicyclic) bond motifs is 5. The molecule has 4 aliphatic heterocycles. The fourth-order valence-electron chi connectivity index (χ4n) is 9.80. The number of esters is 2. The summed E-state index contributed by atoms with van der Waals surface area (Å²) in [6.07, 6.45) is 22.4. The number of allylic oxidation sites excluding steroid dienone is 7. The second-order valence-electron chi connectivity index (χ2n) is 19.3. The fraction of sp³-hybridized carbons (Fsp3) is 0.509. The largest absolute Gasteiger partial charge is 0.510 e. The molecule has 0 saturated heterocycles. The minimum Gasteiger partial charge on any atom is -0.510 e. The molecule has 5 aliphatic rings. The zero-order valence-corrected chi connectivity index (χ0v) is 40.3. The van der Waals surface area contributed by atoms with E-state index >= 15 is 0 Å². The molecule has 1 aromatic rings. The van der Waals surface area contributed by atoms with E-state index in [2.05, 4.69) is 52.8 Å². The first kappa shape index (κ1) is 48.2. The molecule has 1 unspecified atom stereocenters. The summed E-state index contributed by atoms with van der Waals surface area (Å²) in [5, 5.41) is 13.6. The number of nitrogens with zero attached hydrogens (tertiary/aromatic N) is 3. The Kier molecular flexibility index (Phi) is 15.9. The third-order valence-electron chi connectivity index (χ3n) is 14.0. The van der Waals surface area contributed by atoms with E-state index in [1.165, 1.54) is 58.5 Å². The first-order chi connectivity index (χ1) is 30.6. The maximum absolute atomic E-state index is 13.6. The number of carbonyl (C=O) groups is 2. The lowest BCUT2D eigenvalue weighted by Gasteiger charge is -2.16. The van der Waals surface area contributed by atoms with Gasteiger partial charge in [-0.2, -0.15) is 0 Å². The van der Waals surface area contributed by atoms with Crippen molar-refractivity contribution in [3.63, 3.8) is 0 Å². The van der Waals surface area contributed by atoms with Gasteiger partial charge in [0.05, 0.1) is 47.9 Å². The Balaban J connectivity index is 1.20. The summed E-state index contributed by atoms with van der Waals surface area (Å²) in [5.74, 6) is 0.649. The normalized spacial score (nSPS) is 19.4. The number of rotatable bonds is 21. The van der Waals surface area contributed by atoms with E-state index in [4.69, 9.17) is 24.5 Å². The van der Waals surface area contributed by atoms with E-state index in [9.17, 15) is 14.7 Å². The summed E-state index contributed by atoms with van der Waals surface area (Å²) in [6.45, 7) is 28.2. The van der Waals surface area contributed by atoms with Gasteiger partial charge in [-0.05, 0) is 110 Å². The summed E-state index contributed by atoms with van der Waals surface area (Å²) in [7, 11) is 1.31. The topological polar surface area (TPSA) is 126 Å². The van der Waals surface area contributed by atoms with Crippen LogP contribution >= 0.6 is 0 Å². The zero-order chi connectivity index (χ0) is 46.4. The molecule has 64 heavy (non-hydrogen) atoms. The van der Waals surface area contributed by atoms with Crippen molar-refractivity contribution in [1.82, 2.24) is 4.98 Å². The van der Waals surface area contributed by atoms with Gasteiger partial charge in [0.15, 0.2) is 0 Å². The molecule has 342 valence electrons. The number of H-pyrrole nitrogens is 1. The van der Waals surface area contributed by atoms with Crippen LogP contribution in [0.4, 0.5) is 0 Å². The number of aliphatic hydroxyl groups excluding tert-OH is 1. The predicted octanol–water partition coefficient (Wildman–Crippen LogP) is 11.5. The van der Waals surface area contributed by atoms with Gasteiger partial charge in [0.1, 0.15) is 11.7 Å². The van der Waals surface area contributed by atoms with Gasteiger partial charge in [-0.25, -0.2) is 15.0 Å². The van der Waals surface area contributed by atoms with E-state index in [0.29, 0.717) is 64.2 Å². The molecule has 4 atom stereocenters.